The van der Waals surface area contributed by atoms with Crippen LogP contribution in [0.4, 0.5) is 0 Å². The van der Waals surface area contributed by atoms with Gasteiger partial charge < -0.3 is 10.1 Å². The molecule has 0 radical (unpaired) electrons. The van der Waals surface area contributed by atoms with Crippen LogP contribution in [-0.4, -0.2) is 12.8 Å². The second-order valence-corrected chi connectivity index (χ2v) is 3.84. The third kappa shape index (κ3) is 2.02. The lowest BCUT2D eigenvalue weighted by molar-refractivity contribution is -0.112. The molecule has 0 aliphatic carbocycles. The molecule has 1 heterocycles. The Morgan fingerprint density at radius 1 is 1.29 bits per heavy atom. The van der Waals surface area contributed by atoms with E-state index in [4.69, 9.17) is 0 Å². The number of hydrogen-bond donors (Lipinski definition) is 1. The van der Waals surface area contributed by atoms with Gasteiger partial charge in [-0.2, -0.15) is 0 Å². The van der Waals surface area contributed by atoms with Crippen molar-refractivity contribution in [3.63, 3.8) is 0 Å². The zero-order chi connectivity index (χ0) is 9.80. The molecule has 0 aromatic heterocycles. The molecule has 1 aromatic carbocycles. The van der Waals surface area contributed by atoms with Crippen LogP contribution in [0, 0.1) is 5.92 Å². The Morgan fingerprint density at radius 3 is 2.79 bits per heavy atom. The predicted molar refractivity (Wildman–Crippen MR) is 56.0 cm³/mol. The average molecular weight is 189 g/mol. The zero-order valence-corrected chi connectivity index (χ0v) is 8.15. The molecular formula is C12H15NO. The first-order valence-corrected chi connectivity index (χ1v) is 5.14. The topological polar surface area (TPSA) is 29.1 Å². The first-order valence-electron chi connectivity index (χ1n) is 5.14. The summed E-state index contributed by atoms with van der Waals surface area (Å²) in [6.07, 6.45) is 3.01. The first kappa shape index (κ1) is 9.41. The van der Waals surface area contributed by atoms with Gasteiger partial charge in [-0.15, -0.1) is 0 Å². The van der Waals surface area contributed by atoms with Gasteiger partial charge in [-0.25, -0.2) is 0 Å². The third-order valence-electron chi connectivity index (χ3n) is 2.84. The molecule has 14 heavy (non-hydrogen) atoms. The number of aldehydes is 1. The van der Waals surface area contributed by atoms with Gasteiger partial charge in [0.15, 0.2) is 0 Å². The summed E-state index contributed by atoms with van der Waals surface area (Å²) in [5, 5.41) is 3.44. The van der Waals surface area contributed by atoms with Crippen LogP contribution in [0.1, 0.15) is 24.4 Å². The van der Waals surface area contributed by atoms with E-state index in [1.165, 1.54) is 5.56 Å². The molecule has 2 heteroatoms. The summed E-state index contributed by atoms with van der Waals surface area (Å²) in [6.45, 7) is 0.947. The Kier molecular flexibility index (Phi) is 2.94. The molecule has 2 nitrogen and oxygen atoms in total. The second-order valence-electron chi connectivity index (χ2n) is 3.84. The molecule has 0 saturated carbocycles. The van der Waals surface area contributed by atoms with E-state index >= 15 is 0 Å². The van der Waals surface area contributed by atoms with E-state index in [0.29, 0.717) is 6.04 Å². The van der Waals surface area contributed by atoms with Gasteiger partial charge in [-0.3, -0.25) is 0 Å². The second kappa shape index (κ2) is 4.38. The maximum atomic E-state index is 10.7. The number of nitrogens with one attached hydrogen (secondary N) is 1. The van der Waals surface area contributed by atoms with Crippen LogP contribution in [0.25, 0.3) is 0 Å². The highest BCUT2D eigenvalue weighted by atomic mass is 16.1. The van der Waals surface area contributed by atoms with Crippen molar-refractivity contribution < 1.29 is 4.79 Å². The van der Waals surface area contributed by atoms with Crippen molar-refractivity contribution in [2.45, 2.75) is 18.9 Å². The van der Waals surface area contributed by atoms with Gasteiger partial charge in [0.05, 0.1) is 0 Å². The summed E-state index contributed by atoms with van der Waals surface area (Å²) >= 11 is 0. The van der Waals surface area contributed by atoms with Gasteiger partial charge in [0.2, 0.25) is 0 Å². The highest BCUT2D eigenvalue weighted by Gasteiger charge is 2.21. The number of piperidine rings is 1. The number of benzene rings is 1. The van der Waals surface area contributed by atoms with Crippen molar-refractivity contribution >= 4 is 6.29 Å². The molecule has 2 rings (SSSR count). The fourth-order valence-electron chi connectivity index (χ4n) is 2.01. The van der Waals surface area contributed by atoms with Crippen LogP contribution in [0.3, 0.4) is 0 Å². The van der Waals surface area contributed by atoms with Gasteiger partial charge in [0, 0.05) is 12.0 Å². The summed E-state index contributed by atoms with van der Waals surface area (Å²) in [6, 6.07) is 10.7. The van der Waals surface area contributed by atoms with E-state index < -0.39 is 0 Å². The minimum absolute atomic E-state index is 0.237. The smallest absolute Gasteiger partial charge is 0.123 e. The van der Waals surface area contributed by atoms with Crippen molar-refractivity contribution in [3.8, 4) is 0 Å². The Hall–Kier alpha value is -1.15. The summed E-state index contributed by atoms with van der Waals surface area (Å²) in [4.78, 5) is 10.7. The number of carbonyl (C=O) groups excluding carboxylic acids is 1. The van der Waals surface area contributed by atoms with E-state index in [0.717, 1.165) is 25.7 Å². The summed E-state index contributed by atoms with van der Waals surface area (Å²) in [5.74, 6) is 0.237. The normalized spacial score (nSPS) is 27.1. The van der Waals surface area contributed by atoms with Gasteiger partial charge in [-0.05, 0) is 24.9 Å². The van der Waals surface area contributed by atoms with Crippen LogP contribution in [0.2, 0.25) is 0 Å². The van der Waals surface area contributed by atoms with E-state index in [2.05, 4.69) is 17.4 Å². The van der Waals surface area contributed by atoms with Crippen LogP contribution in [0.5, 0.6) is 0 Å². The fraction of sp³-hybridized carbons (Fsp3) is 0.417. The number of hydrogen-bond acceptors (Lipinski definition) is 2. The Balaban J connectivity index is 2.08. The fourth-order valence-corrected chi connectivity index (χ4v) is 2.01. The summed E-state index contributed by atoms with van der Waals surface area (Å²) in [7, 11) is 0. The molecule has 1 aromatic rings. The minimum atomic E-state index is 0.237. The van der Waals surface area contributed by atoms with Gasteiger partial charge in [0.1, 0.15) is 6.29 Å². The van der Waals surface area contributed by atoms with E-state index in [9.17, 15) is 4.79 Å². The van der Waals surface area contributed by atoms with Gasteiger partial charge in [-0.1, -0.05) is 30.3 Å². The molecule has 2 unspecified atom stereocenters. The largest absolute Gasteiger partial charge is 0.310 e. The van der Waals surface area contributed by atoms with Gasteiger partial charge >= 0.3 is 0 Å². The molecule has 2 atom stereocenters. The Morgan fingerprint density at radius 2 is 2.07 bits per heavy atom. The van der Waals surface area contributed by atoms with Crippen molar-refractivity contribution in [2.24, 2.45) is 5.92 Å². The Bertz CT molecular complexity index is 296. The lowest BCUT2D eigenvalue weighted by Gasteiger charge is -2.27. The molecule has 0 spiro atoms. The molecule has 1 aliphatic heterocycles. The number of rotatable bonds is 2. The van der Waals surface area contributed by atoms with Crippen LogP contribution in [0.15, 0.2) is 30.3 Å². The van der Waals surface area contributed by atoms with E-state index in [-0.39, 0.29) is 5.92 Å². The average Bonchev–Trinajstić information content (AvgIpc) is 2.30. The molecule has 0 bridgehead atoms. The third-order valence-corrected chi connectivity index (χ3v) is 2.84. The monoisotopic (exact) mass is 189 g/mol. The molecule has 1 saturated heterocycles. The van der Waals surface area contributed by atoms with Crippen LogP contribution < -0.4 is 5.32 Å². The van der Waals surface area contributed by atoms with E-state index in [1.807, 2.05) is 18.2 Å². The molecule has 1 fully saturated rings. The van der Waals surface area contributed by atoms with Crippen LogP contribution in [-0.2, 0) is 4.79 Å². The zero-order valence-electron chi connectivity index (χ0n) is 8.15. The first-order chi connectivity index (χ1) is 6.90. The molecule has 74 valence electrons. The maximum absolute atomic E-state index is 10.7. The highest BCUT2D eigenvalue weighted by Crippen LogP contribution is 2.25. The molecule has 1 aliphatic rings. The SMILES string of the molecule is O=CC1CCNC(c2ccccc2)C1. The van der Waals surface area contributed by atoms with Crippen molar-refractivity contribution in [3.05, 3.63) is 35.9 Å². The highest BCUT2D eigenvalue weighted by molar-refractivity contribution is 5.54. The standard InChI is InChI=1S/C12H15NO/c14-9-10-6-7-13-12(8-10)11-4-2-1-3-5-11/h1-5,9-10,12-13H,6-8H2. The van der Waals surface area contributed by atoms with Crippen LogP contribution >= 0.6 is 0 Å². The van der Waals surface area contributed by atoms with Crippen molar-refractivity contribution in [1.82, 2.24) is 5.32 Å². The molecular weight excluding hydrogens is 174 g/mol. The summed E-state index contributed by atoms with van der Waals surface area (Å²) < 4.78 is 0. The minimum Gasteiger partial charge on any atom is -0.310 e. The lowest BCUT2D eigenvalue weighted by atomic mass is 9.90. The maximum Gasteiger partial charge on any atom is 0.123 e. The quantitative estimate of drug-likeness (QED) is 0.720. The predicted octanol–water partition coefficient (Wildman–Crippen LogP) is 1.93. The van der Waals surface area contributed by atoms with Gasteiger partial charge in [0.25, 0.3) is 0 Å². The van der Waals surface area contributed by atoms with E-state index in [1.54, 1.807) is 0 Å². The molecule has 1 N–H and O–H groups in total. The number of carbonyl (C=O) groups is 1. The summed E-state index contributed by atoms with van der Waals surface area (Å²) in [5.41, 5.74) is 1.29. The lowest BCUT2D eigenvalue weighted by Crippen LogP contribution is -2.32. The molecule has 0 amide bonds. The Labute approximate surface area is 84.3 Å². The van der Waals surface area contributed by atoms with Crippen molar-refractivity contribution in [2.75, 3.05) is 6.54 Å². The van der Waals surface area contributed by atoms with Crippen molar-refractivity contribution in [1.29, 1.82) is 0 Å².